The van der Waals surface area contributed by atoms with Crippen LogP contribution in [0.5, 0.6) is 11.5 Å². The summed E-state index contributed by atoms with van der Waals surface area (Å²) in [5.74, 6) is 2.59. The number of nitrogens with zero attached hydrogens (tertiary/aromatic N) is 4. The van der Waals surface area contributed by atoms with Gasteiger partial charge in [0.2, 0.25) is 17.5 Å². The largest absolute Gasteiger partial charge is 0.486 e. The van der Waals surface area contributed by atoms with E-state index in [4.69, 9.17) is 18.3 Å². The summed E-state index contributed by atoms with van der Waals surface area (Å²) in [6.45, 7) is 5.87. The molecule has 1 atom stereocenters. The van der Waals surface area contributed by atoms with E-state index in [9.17, 15) is 10.1 Å². The van der Waals surface area contributed by atoms with Crippen LogP contribution in [0.25, 0.3) is 11.7 Å². The highest BCUT2D eigenvalue weighted by molar-refractivity contribution is 5.78. The Morgan fingerprint density at radius 1 is 1.18 bits per heavy atom. The third kappa shape index (κ3) is 4.56. The van der Waals surface area contributed by atoms with E-state index in [1.54, 1.807) is 12.1 Å². The molecule has 1 saturated heterocycles. The van der Waals surface area contributed by atoms with Crippen LogP contribution in [0.3, 0.4) is 0 Å². The number of hydrogen-bond donors (Lipinski definition) is 1. The average Bonchev–Trinajstić information content (AvgIpc) is 3.54. The summed E-state index contributed by atoms with van der Waals surface area (Å²) in [6.07, 6.45) is 1.53. The Morgan fingerprint density at radius 2 is 1.97 bits per heavy atom. The van der Waals surface area contributed by atoms with Gasteiger partial charge in [-0.2, -0.15) is 10.2 Å². The minimum absolute atomic E-state index is 0.0478. The highest BCUT2D eigenvalue weighted by atomic mass is 16.6. The number of carbonyl (C=O) groups excluding carboxylic acids is 1. The molecule has 1 amide bonds. The van der Waals surface area contributed by atoms with Crippen LogP contribution in [-0.2, 0) is 4.79 Å². The zero-order valence-electron chi connectivity index (χ0n) is 18.8. The first-order valence-electron chi connectivity index (χ1n) is 11.2. The fourth-order valence-corrected chi connectivity index (χ4v) is 4.12. The molecule has 4 heterocycles. The number of piperazine rings is 1. The number of fused-ring (bicyclic) bond motifs is 1. The normalized spacial score (nSPS) is 16.6. The molecule has 10 nitrogen and oxygen atoms in total. The predicted molar refractivity (Wildman–Crippen MR) is 122 cm³/mol. The monoisotopic (exact) mass is 463 g/mol. The second kappa shape index (κ2) is 9.49. The van der Waals surface area contributed by atoms with E-state index < -0.39 is 0 Å². The molecule has 5 rings (SSSR count). The number of amides is 1. The van der Waals surface area contributed by atoms with E-state index in [0.29, 0.717) is 63.3 Å². The molecule has 0 aliphatic carbocycles. The van der Waals surface area contributed by atoms with Gasteiger partial charge in [-0.25, -0.2) is 0 Å². The molecule has 0 saturated carbocycles. The lowest BCUT2D eigenvalue weighted by atomic mass is 10.1. The number of anilines is 1. The lowest BCUT2D eigenvalue weighted by Gasteiger charge is -2.34. The van der Waals surface area contributed by atoms with Crippen molar-refractivity contribution in [2.24, 2.45) is 0 Å². The molecule has 2 aliphatic heterocycles. The molecule has 2 aromatic heterocycles. The first kappa shape index (κ1) is 21.9. The van der Waals surface area contributed by atoms with Crippen LogP contribution in [0.2, 0.25) is 0 Å². The maximum atomic E-state index is 12.7. The Balaban J connectivity index is 1.15. The average molecular weight is 463 g/mol. The van der Waals surface area contributed by atoms with E-state index in [1.807, 2.05) is 30.0 Å². The summed E-state index contributed by atoms with van der Waals surface area (Å²) in [5, 5.41) is 12.5. The van der Waals surface area contributed by atoms with Gasteiger partial charge in [-0.15, -0.1) is 0 Å². The number of aromatic nitrogens is 1. The molecule has 2 aliphatic rings. The van der Waals surface area contributed by atoms with Crippen LogP contribution < -0.4 is 19.7 Å². The van der Waals surface area contributed by atoms with Gasteiger partial charge in [0.1, 0.15) is 19.3 Å². The number of ether oxygens (including phenoxy) is 2. The summed E-state index contributed by atoms with van der Waals surface area (Å²) in [4.78, 5) is 21.0. The summed E-state index contributed by atoms with van der Waals surface area (Å²) in [7, 11) is 0. The SMILES string of the molecule is CC(NC(=O)CN1CCN(c2oc(-c3ccco3)nc2C#N)CC1)c1ccc2c(c1)OCCO2. The van der Waals surface area contributed by atoms with Gasteiger partial charge >= 0.3 is 0 Å². The molecule has 1 unspecified atom stereocenters. The lowest BCUT2D eigenvalue weighted by molar-refractivity contribution is -0.123. The maximum absolute atomic E-state index is 12.7. The fraction of sp³-hybridized carbons (Fsp3) is 0.375. The van der Waals surface area contributed by atoms with Crippen molar-refractivity contribution in [3.8, 4) is 29.2 Å². The van der Waals surface area contributed by atoms with Crippen LogP contribution in [0, 0.1) is 11.3 Å². The molecule has 0 radical (unpaired) electrons. The highest BCUT2D eigenvalue weighted by Crippen LogP contribution is 2.32. The van der Waals surface area contributed by atoms with Crippen molar-refractivity contribution in [3.63, 3.8) is 0 Å². The molecule has 1 fully saturated rings. The Labute approximate surface area is 196 Å². The molecule has 10 heteroatoms. The van der Waals surface area contributed by atoms with Gasteiger partial charge in [0.25, 0.3) is 5.89 Å². The lowest BCUT2D eigenvalue weighted by Crippen LogP contribution is -2.49. The molecule has 0 spiro atoms. The zero-order chi connectivity index (χ0) is 23.5. The zero-order valence-corrected chi connectivity index (χ0v) is 18.8. The van der Waals surface area contributed by atoms with Crippen molar-refractivity contribution in [1.29, 1.82) is 5.26 Å². The first-order valence-corrected chi connectivity index (χ1v) is 11.2. The van der Waals surface area contributed by atoms with Gasteiger partial charge in [-0.3, -0.25) is 9.69 Å². The molecule has 1 aromatic carbocycles. The smallest absolute Gasteiger partial charge is 0.266 e. The number of rotatable bonds is 6. The van der Waals surface area contributed by atoms with E-state index in [-0.39, 0.29) is 23.5 Å². The van der Waals surface area contributed by atoms with Crippen LogP contribution >= 0.6 is 0 Å². The quantitative estimate of drug-likeness (QED) is 0.588. The van der Waals surface area contributed by atoms with Gasteiger partial charge in [0.05, 0.1) is 18.8 Å². The summed E-state index contributed by atoms with van der Waals surface area (Å²) in [6, 6.07) is 11.1. The number of nitrogens with one attached hydrogen (secondary N) is 1. The van der Waals surface area contributed by atoms with Gasteiger partial charge in [-0.1, -0.05) is 6.07 Å². The number of nitriles is 1. The van der Waals surface area contributed by atoms with Crippen molar-refractivity contribution in [1.82, 2.24) is 15.2 Å². The van der Waals surface area contributed by atoms with Gasteiger partial charge < -0.3 is 28.5 Å². The van der Waals surface area contributed by atoms with Gasteiger partial charge in [-0.05, 0) is 36.8 Å². The minimum atomic E-state index is -0.156. The molecule has 0 bridgehead atoms. The number of benzene rings is 1. The topological polar surface area (TPSA) is 117 Å². The second-order valence-corrected chi connectivity index (χ2v) is 8.22. The predicted octanol–water partition coefficient (Wildman–Crippen LogP) is 2.58. The molecule has 3 aromatic rings. The minimum Gasteiger partial charge on any atom is -0.486 e. The highest BCUT2D eigenvalue weighted by Gasteiger charge is 2.26. The summed E-state index contributed by atoms with van der Waals surface area (Å²) < 4.78 is 22.3. The van der Waals surface area contributed by atoms with Crippen LogP contribution in [0.4, 0.5) is 5.88 Å². The van der Waals surface area contributed by atoms with E-state index in [1.165, 1.54) is 6.26 Å². The number of furan rings is 1. The second-order valence-electron chi connectivity index (χ2n) is 8.22. The van der Waals surface area contributed by atoms with Crippen molar-refractivity contribution in [3.05, 3.63) is 47.9 Å². The molecule has 1 N–H and O–H groups in total. The van der Waals surface area contributed by atoms with Gasteiger partial charge in [0.15, 0.2) is 17.3 Å². The van der Waals surface area contributed by atoms with E-state index >= 15 is 0 Å². The van der Waals surface area contributed by atoms with Crippen molar-refractivity contribution >= 4 is 11.8 Å². The van der Waals surface area contributed by atoms with E-state index in [2.05, 4.69) is 21.3 Å². The first-order chi connectivity index (χ1) is 16.6. The third-order valence-corrected chi connectivity index (χ3v) is 5.92. The van der Waals surface area contributed by atoms with E-state index in [0.717, 1.165) is 11.3 Å². The summed E-state index contributed by atoms with van der Waals surface area (Å²) in [5.41, 5.74) is 1.19. The fourth-order valence-electron chi connectivity index (χ4n) is 4.12. The van der Waals surface area contributed by atoms with Crippen molar-refractivity contribution in [2.75, 3.05) is 50.8 Å². The van der Waals surface area contributed by atoms with Crippen molar-refractivity contribution in [2.45, 2.75) is 13.0 Å². The van der Waals surface area contributed by atoms with Crippen LogP contribution in [0.15, 0.2) is 45.4 Å². The molecular formula is C24H25N5O5. The number of carbonyl (C=O) groups is 1. The number of oxazole rings is 1. The summed E-state index contributed by atoms with van der Waals surface area (Å²) >= 11 is 0. The third-order valence-electron chi connectivity index (χ3n) is 5.92. The Morgan fingerprint density at radius 3 is 2.71 bits per heavy atom. The Kier molecular flexibility index (Phi) is 6.10. The molecule has 176 valence electrons. The Bertz CT molecular complexity index is 1190. The molecule has 34 heavy (non-hydrogen) atoms. The van der Waals surface area contributed by atoms with Crippen LogP contribution in [-0.4, -0.2) is 61.7 Å². The molecular weight excluding hydrogens is 438 g/mol. The maximum Gasteiger partial charge on any atom is 0.266 e. The standard InChI is InChI=1S/C24H25N5O5/c1-16(17-4-5-19-21(13-17)33-12-11-32-19)26-22(30)15-28-6-8-29(9-7-28)24-18(14-25)27-23(34-24)20-3-2-10-31-20/h2-5,10,13,16H,6-9,11-12,15H2,1H3,(H,26,30). The van der Waals surface area contributed by atoms with Crippen LogP contribution in [0.1, 0.15) is 24.2 Å². The van der Waals surface area contributed by atoms with Crippen molar-refractivity contribution < 1.29 is 23.1 Å². The Hall–Kier alpha value is -3.97. The van der Waals surface area contributed by atoms with Gasteiger partial charge in [0, 0.05) is 26.2 Å². The number of hydrogen-bond acceptors (Lipinski definition) is 9.